The molecule has 2 rings (SSSR count). The number of thiocarbonyl (C=S) groups is 1. The van der Waals surface area contributed by atoms with Crippen molar-refractivity contribution in [3.8, 4) is 0 Å². The molecule has 1 N–H and O–H groups in total. The number of thiazole rings is 1. The van der Waals surface area contributed by atoms with E-state index in [4.69, 9.17) is 22.1 Å². The van der Waals surface area contributed by atoms with Crippen molar-refractivity contribution < 1.29 is 19.4 Å². The van der Waals surface area contributed by atoms with Crippen molar-refractivity contribution in [3.05, 3.63) is 30.2 Å². The number of carbonyl (C=O) groups excluding carboxylic acids is 1. The molecule has 140 valence electrons. The number of aromatic nitrogens is 1. The predicted molar refractivity (Wildman–Crippen MR) is 106 cm³/mol. The van der Waals surface area contributed by atoms with Gasteiger partial charge in [-0.1, -0.05) is 30.1 Å². The van der Waals surface area contributed by atoms with Crippen LogP contribution in [0.25, 0.3) is 12.2 Å². The first-order valence-electron chi connectivity index (χ1n) is 7.84. The Balaban J connectivity index is 2.62. The summed E-state index contributed by atoms with van der Waals surface area (Å²) < 4.78 is 8.63. The summed E-state index contributed by atoms with van der Waals surface area (Å²) in [6.07, 6.45) is 3.38. The van der Waals surface area contributed by atoms with Crippen LogP contribution in [0.3, 0.4) is 0 Å². The van der Waals surface area contributed by atoms with E-state index in [0.29, 0.717) is 22.3 Å². The summed E-state index contributed by atoms with van der Waals surface area (Å²) in [4.78, 5) is 37.1. The molecule has 0 spiro atoms. The Bertz CT molecular complexity index is 958. The van der Waals surface area contributed by atoms with E-state index < -0.39 is 18.4 Å². The van der Waals surface area contributed by atoms with Crippen LogP contribution in [0, 0.1) is 0 Å². The molecule has 0 aromatic carbocycles. The molecule has 0 radical (unpaired) electrons. The van der Waals surface area contributed by atoms with Gasteiger partial charge in [-0.15, -0.1) is 11.3 Å². The Hall–Kier alpha value is -1.91. The lowest BCUT2D eigenvalue weighted by atomic mass is 10.3. The van der Waals surface area contributed by atoms with E-state index in [1.807, 2.05) is 6.92 Å². The van der Waals surface area contributed by atoms with E-state index in [0.717, 1.165) is 16.7 Å². The average molecular weight is 415 g/mol. The molecule has 1 aromatic rings. The third-order valence-electron chi connectivity index (χ3n) is 3.44. The molecule has 1 aromatic heterocycles. The smallest absolute Gasteiger partial charge is 0.323 e. The van der Waals surface area contributed by atoms with E-state index in [1.165, 1.54) is 11.3 Å². The highest BCUT2D eigenvalue weighted by molar-refractivity contribution is 8.26. The lowest BCUT2D eigenvalue weighted by Gasteiger charge is -2.11. The fraction of sp³-hybridized carbons (Fsp3) is 0.375. The number of ether oxygens (including phenoxy) is 1. The molecule has 0 saturated carbocycles. The molecule has 1 aliphatic heterocycles. The van der Waals surface area contributed by atoms with Crippen molar-refractivity contribution >= 4 is 63.7 Å². The quantitative estimate of drug-likeness (QED) is 0.416. The number of hydrogen-bond acceptors (Lipinski definition) is 7. The molecule has 1 amide bonds. The number of nitrogens with zero attached hydrogens (tertiary/aromatic N) is 2. The van der Waals surface area contributed by atoms with Gasteiger partial charge in [-0.25, -0.2) is 0 Å². The molecule has 1 fully saturated rings. The number of carbonyl (C=O) groups is 2. The first-order valence-corrected chi connectivity index (χ1v) is 9.88. The summed E-state index contributed by atoms with van der Waals surface area (Å²) in [6, 6.07) is 0. The maximum atomic E-state index is 12.6. The predicted octanol–water partition coefficient (Wildman–Crippen LogP) is 0.704. The highest BCUT2D eigenvalue weighted by Crippen LogP contribution is 2.34. The lowest BCUT2D eigenvalue weighted by Crippen LogP contribution is -2.33. The van der Waals surface area contributed by atoms with Crippen LogP contribution in [0.1, 0.15) is 20.8 Å². The van der Waals surface area contributed by atoms with Gasteiger partial charge in [0.25, 0.3) is 11.5 Å². The first kappa shape index (κ1) is 20.4. The number of carboxylic acids is 1. The zero-order valence-corrected chi connectivity index (χ0v) is 16.9. The van der Waals surface area contributed by atoms with E-state index in [2.05, 4.69) is 0 Å². The minimum atomic E-state index is -1.15. The number of rotatable bonds is 6. The molecule has 7 nitrogen and oxygen atoms in total. The fourth-order valence-corrected chi connectivity index (χ4v) is 4.57. The van der Waals surface area contributed by atoms with Gasteiger partial charge in [0.15, 0.2) is 0 Å². The summed E-state index contributed by atoms with van der Waals surface area (Å²) in [5.41, 5.74) is -0.0967. The van der Waals surface area contributed by atoms with Gasteiger partial charge in [0.2, 0.25) is 0 Å². The van der Waals surface area contributed by atoms with Crippen molar-refractivity contribution in [2.75, 3.05) is 13.2 Å². The van der Waals surface area contributed by atoms with Crippen LogP contribution in [-0.4, -0.2) is 43.9 Å². The van der Waals surface area contributed by atoms with Crippen molar-refractivity contribution in [2.24, 2.45) is 0 Å². The molecule has 2 heterocycles. The van der Waals surface area contributed by atoms with Gasteiger partial charge in [-0.2, -0.15) is 0 Å². The van der Waals surface area contributed by atoms with E-state index >= 15 is 0 Å². The monoisotopic (exact) mass is 414 g/mol. The minimum Gasteiger partial charge on any atom is -0.492 e. The maximum absolute atomic E-state index is 12.6. The number of allylic oxidation sites excluding steroid dienone is 1. The van der Waals surface area contributed by atoms with Gasteiger partial charge in [0.1, 0.15) is 26.2 Å². The number of amides is 1. The Morgan fingerprint density at radius 3 is 2.58 bits per heavy atom. The molecule has 1 saturated heterocycles. The van der Waals surface area contributed by atoms with Crippen molar-refractivity contribution in [3.63, 3.8) is 0 Å². The van der Waals surface area contributed by atoms with Crippen LogP contribution in [0.2, 0.25) is 0 Å². The van der Waals surface area contributed by atoms with Gasteiger partial charge in [0, 0.05) is 12.6 Å². The highest BCUT2D eigenvalue weighted by atomic mass is 32.2. The highest BCUT2D eigenvalue weighted by Gasteiger charge is 2.36. The van der Waals surface area contributed by atoms with E-state index in [-0.39, 0.29) is 20.5 Å². The minimum absolute atomic E-state index is 0.0967. The van der Waals surface area contributed by atoms with Gasteiger partial charge in [-0.3, -0.25) is 23.9 Å². The summed E-state index contributed by atoms with van der Waals surface area (Å²) in [6.45, 7) is 5.71. The van der Waals surface area contributed by atoms with Crippen LogP contribution < -0.4 is 14.8 Å². The Kier molecular flexibility index (Phi) is 6.79. The van der Waals surface area contributed by atoms with Crippen LogP contribution in [-0.2, 0) is 20.9 Å². The van der Waals surface area contributed by atoms with Crippen LogP contribution in [0.15, 0.2) is 15.5 Å². The molecular weight excluding hydrogens is 396 g/mol. The number of hydrogen-bond donors (Lipinski definition) is 1. The van der Waals surface area contributed by atoms with Gasteiger partial charge in [0.05, 0.1) is 11.1 Å². The summed E-state index contributed by atoms with van der Waals surface area (Å²) >= 11 is 7.42. The molecule has 0 bridgehead atoms. The number of thioether (sulfide) groups is 1. The summed E-state index contributed by atoms with van der Waals surface area (Å²) in [7, 11) is 0. The molecule has 26 heavy (non-hydrogen) atoms. The van der Waals surface area contributed by atoms with E-state index in [1.54, 1.807) is 30.6 Å². The maximum Gasteiger partial charge on any atom is 0.323 e. The van der Waals surface area contributed by atoms with Crippen molar-refractivity contribution in [1.82, 2.24) is 9.47 Å². The van der Waals surface area contributed by atoms with Crippen LogP contribution in [0.5, 0.6) is 0 Å². The Labute approximate surface area is 163 Å². The number of aliphatic carboxylic acids is 1. The standard InChI is InChI=1S/C16H18N2O5S3/c1-4-10-14(21)17(5-2)11(25-10)7-9(23-6-3)13-15(22)18(8-12(19)20)16(24)26-13/h4,7H,5-6,8H2,1-3H3,(H,19,20)/b10-4+,11-7?,13-9-. The molecule has 0 atom stereocenters. The van der Waals surface area contributed by atoms with Crippen LogP contribution >= 0.6 is 35.3 Å². The van der Waals surface area contributed by atoms with Crippen LogP contribution in [0.4, 0.5) is 0 Å². The SMILES string of the molecule is C/C=c1/sc(=C/C(OCC)=C2/SC(=S)N(CC(=O)O)C2=O)n(CC)c1=O. The largest absolute Gasteiger partial charge is 0.492 e. The second-order valence-electron chi connectivity index (χ2n) is 5.07. The third kappa shape index (κ3) is 4.08. The Morgan fingerprint density at radius 1 is 1.35 bits per heavy atom. The second kappa shape index (κ2) is 8.65. The normalized spacial score (nSPS) is 18.0. The summed E-state index contributed by atoms with van der Waals surface area (Å²) in [5.74, 6) is -1.37. The third-order valence-corrected chi connectivity index (χ3v) is 6.06. The van der Waals surface area contributed by atoms with Gasteiger partial charge >= 0.3 is 5.97 Å². The molecular formula is C16H18N2O5S3. The topological polar surface area (TPSA) is 88.8 Å². The molecule has 0 unspecified atom stereocenters. The molecule has 1 aliphatic rings. The number of carboxylic acid groups (broad SMARTS) is 1. The van der Waals surface area contributed by atoms with Gasteiger partial charge < -0.3 is 9.84 Å². The van der Waals surface area contributed by atoms with Gasteiger partial charge in [-0.05, 0) is 20.8 Å². The first-order chi connectivity index (χ1) is 12.3. The molecule has 10 heteroatoms. The average Bonchev–Trinajstić information content (AvgIpc) is 3.04. The molecule has 0 aliphatic carbocycles. The summed E-state index contributed by atoms with van der Waals surface area (Å²) in [5, 5.41) is 8.94. The lowest BCUT2D eigenvalue weighted by molar-refractivity contribution is -0.140. The van der Waals surface area contributed by atoms with Crippen molar-refractivity contribution in [2.45, 2.75) is 27.3 Å². The van der Waals surface area contributed by atoms with E-state index in [9.17, 15) is 14.4 Å². The Morgan fingerprint density at radius 2 is 2.04 bits per heavy atom. The van der Waals surface area contributed by atoms with Crippen molar-refractivity contribution in [1.29, 1.82) is 0 Å². The fourth-order valence-electron chi connectivity index (χ4n) is 2.29. The second-order valence-corrected chi connectivity index (χ2v) is 7.77. The zero-order valence-electron chi connectivity index (χ0n) is 14.5. The zero-order chi connectivity index (χ0) is 19.4.